The Labute approximate surface area is 108 Å². The number of aliphatic hydroxyl groups excluding tert-OH is 1. The molecule has 1 saturated heterocycles. The van der Waals surface area contributed by atoms with E-state index >= 15 is 0 Å². The Bertz CT molecular complexity index is 408. The van der Waals surface area contributed by atoms with E-state index in [-0.39, 0.29) is 12.5 Å². The minimum atomic E-state index is -0.527. The predicted octanol–water partition coefficient (Wildman–Crippen LogP) is 1.56. The highest BCUT2D eigenvalue weighted by atomic mass is 79.9. The van der Waals surface area contributed by atoms with Crippen LogP contribution in [0.25, 0.3) is 0 Å². The van der Waals surface area contributed by atoms with E-state index in [1.54, 1.807) is 4.90 Å². The standard InChI is InChI=1S/C12H14BrNO3/c13-9-3-1-2-4-10(9)14-6-8-17-11(5-7-15)12(14)16/h1-4,11,15H,5-8H2. The Morgan fingerprint density at radius 3 is 2.94 bits per heavy atom. The molecule has 1 atom stereocenters. The Kier molecular flexibility index (Phi) is 4.15. The van der Waals surface area contributed by atoms with Crippen LogP contribution in [-0.4, -0.2) is 36.9 Å². The second-order valence-electron chi connectivity index (χ2n) is 3.81. The lowest BCUT2D eigenvalue weighted by Gasteiger charge is -2.32. The van der Waals surface area contributed by atoms with Crippen molar-refractivity contribution in [3.8, 4) is 0 Å². The fourth-order valence-corrected chi connectivity index (χ4v) is 2.37. The summed E-state index contributed by atoms with van der Waals surface area (Å²) in [6, 6.07) is 7.59. The van der Waals surface area contributed by atoms with Gasteiger partial charge in [0, 0.05) is 24.0 Å². The van der Waals surface area contributed by atoms with Gasteiger partial charge in [-0.2, -0.15) is 0 Å². The van der Waals surface area contributed by atoms with Crippen molar-refractivity contribution in [1.82, 2.24) is 0 Å². The molecule has 1 fully saturated rings. The number of nitrogens with zero attached hydrogens (tertiary/aromatic N) is 1. The molecule has 1 amide bonds. The maximum atomic E-state index is 12.1. The van der Waals surface area contributed by atoms with Gasteiger partial charge in [0.25, 0.3) is 5.91 Å². The maximum absolute atomic E-state index is 12.1. The van der Waals surface area contributed by atoms with E-state index in [1.807, 2.05) is 24.3 Å². The van der Waals surface area contributed by atoms with Gasteiger partial charge in [-0.1, -0.05) is 12.1 Å². The highest BCUT2D eigenvalue weighted by molar-refractivity contribution is 9.10. The van der Waals surface area contributed by atoms with Crippen molar-refractivity contribution in [1.29, 1.82) is 0 Å². The van der Waals surface area contributed by atoms with Crippen molar-refractivity contribution in [2.24, 2.45) is 0 Å². The molecule has 17 heavy (non-hydrogen) atoms. The molecule has 0 radical (unpaired) electrons. The lowest BCUT2D eigenvalue weighted by Crippen LogP contribution is -2.48. The van der Waals surface area contributed by atoms with Gasteiger partial charge in [0.05, 0.1) is 12.3 Å². The summed E-state index contributed by atoms with van der Waals surface area (Å²) < 4.78 is 6.24. The summed E-state index contributed by atoms with van der Waals surface area (Å²) in [6.45, 7) is 1.00. The van der Waals surface area contributed by atoms with Gasteiger partial charge in [0.1, 0.15) is 6.10 Å². The van der Waals surface area contributed by atoms with Gasteiger partial charge in [-0.15, -0.1) is 0 Å². The molecule has 92 valence electrons. The van der Waals surface area contributed by atoms with Crippen LogP contribution in [0.1, 0.15) is 6.42 Å². The van der Waals surface area contributed by atoms with Crippen molar-refractivity contribution < 1.29 is 14.6 Å². The monoisotopic (exact) mass is 299 g/mol. The number of anilines is 1. The first-order valence-corrected chi connectivity index (χ1v) is 6.31. The van der Waals surface area contributed by atoms with E-state index in [0.29, 0.717) is 19.6 Å². The Morgan fingerprint density at radius 1 is 1.47 bits per heavy atom. The van der Waals surface area contributed by atoms with Gasteiger partial charge >= 0.3 is 0 Å². The highest BCUT2D eigenvalue weighted by Crippen LogP contribution is 2.28. The summed E-state index contributed by atoms with van der Waals surface area (Å²) in [5.41, 5.74) is 0.851. The van der Waals surface area contributed by atoms with Gasteiger partial charge in [0.15, 0.2) is 0 Å². The van der Waals surface area contributed by atoms with Crippen LogP contribution < -0.4 is 4.90 Å². The fourth-order valence-electron chi connectivity index (χ4n) is 1.88. The van der Waals surface area contributed by atoms with E-state index in [9.17, 15) is 4.79 Å². The first-order valence-electron chi connectivity index (χ1n) is 5.52. The van der Waals surface area contributed by atoms with Crippen LogP contribution >= 0.6 is 15.9 Å². The van der Waals surface area contributed by atoms with Gasteiger partial charge < -0.3 is 14.7 Å². The minimum Gasteiger partial charge on any atom is -0.396 e. The zero-order valence-corrected chi connectivity index (χ0v) is 10.9. The van der Waals surface area contributed by atoms with Crippen LogP contribution in [0.2, 0.25) is 0 Å². The van der Waals surface area contributed by atoms with E-state index in [2.05, 4.69) is 15.9 Å². The molecule has 1 aliphatic heterocycles. The SMILES string of the molecule is O=C1C(CCO)OCCN1c1ccccc1Br. The molecule has 1 aliphatic rings. The maximum Gasteiger partial charge on any atom is 0.256 e. The number of hydrogen-bond acceptors (Lipinski definition) is 3. The first-order chi connectivity index (χ1) is 8.24. The molecule has 0 bridgehead atoms. The van der Waals surface area contributed by atoms with Gasteiger partial charge in [-0.25, -0.2) is 0 Å². The number of hydrogen-bond donors (Lipinski definition) is 1. The number of ether oxygens (including phenoxy) is 1. The zero-order valence-electron chi connectivity index (χ0n) is 9.30. The first kappa shape index (κ1) is 12.5. The number of halogens is 1. The lowest BCUT2D eigenvalue weighted by atomic mass is 10.1. The normalized spacial score (nSPS) is 20.7. The Balaban J connectivity index is 2.21. The van der Waals surface area contributed by atoms with Crippen molar-refractivity contribution in [3.63, 3.8) is 0 Å². The molecule has 0 spiro atoms. The smallest absolute Gasteiger partial charge is 0.256 e. The summed E-state index contributed by atoms with van der Waals surface area (Å²) in [4.78, 5) is 13.8. The van der Waals surface area contributed by atoms with Crippen LogP contribution in [0.4, 0.5) is 5.69 Å². The summed E-state index contributed by atoms with van der Waals surface area (Å²) >= 11 is 3.43. The van der Waals surface area contributed by atoms with Crippen LogP contribution in [0.5, 0.6) is 0 Å². The zero-order chi connectivity index (χ0) is 12.3. The molecule has 1 aromatic carbocycles. The number of amides is 1. The molecule has 1 unspecified atom stereocenters. The summed E-state index contributed by atoms with van der Waals surface area (Å²) in [5.74, 6) is -0.0859. The minimum absolute atomic E-state index is 0.0415. The molecule has 1 N–H and O–H groups in total. The third-order valence-electron chi connectivity index (χ3n) is 2.71. The average Bonchev–Trinajstić information content (AvgIpc) is 2.33. The summed E-state index contributed by atoms with van der Waals surface area (Å²) in [5, 5.41) is 8.89. The van der Waals surface area contributed by atoms with Crippen molar-refractivity contribution in [3.05, 3.63) is 28.7 Å². The molecule has 2 rings (SSSR count). The van der Waals surface area contributed by atoms with Crippen LogP contribution in [0.3, 0.4) is 0 Å². The fraction of sp³-hybridized carbons (Fsp3) is 0.417. The van der Waals surface area contributed by atoms with E-state index in [0.717, 1.165) is 10.2 Å². The predicted molar refractivity (Wildman–Crippen MR) is 67.9 cm³/mol. The van der Waals surface area contributed by atoms with Gasteiger partial charge in [-0.05, 0) is 28.1 Å². The molecule has 1 heterocycles. The van der Waals surface area contributed by atoms with E-state index < -0.39 is 6.10 Å². The van der Waals surface area contributed by atoms with E-state index in [4.69, 9.17) is 9.84 Å². The quantitative estimate of drug-likeness (QED) is 0.921. The number of para-hydroxylation sites is 1. The second kappa shape index (κ2) is 5.62. The van der Waals surface area contributed by atoms with Crippen molar-refractivity contribution >= 4 is 27.5 Å². The molecule has 0 aliphatic carbocycles. The molecular formula is C12H14BrNO3. The number of morpholine rings is 1. The van der Waals surface area contributed by atoms with Gasteiger partial charge in [0.2, 0.25) is 0 Å². The lowest BCUT2D eigenvalue weighted by molar-refractivity contribution is -0.134. The molecule has 5 heteroatoms. The number of carbonyl (C=O) groups is 1. The number of aliphatic hydroxyl groups is 1. The van der Waals surface area contributed by atoms with Crippen LogP contribution in [0, 0.1) is 0 Å². The van der Waals surface area contributed by atoms with Crippen molar-refractivity contribution in [2.45, 2.75) is 12.5 Å². The highest BCUT2D eigenvalue weighted by Gasteiger charge is 2.30. The van der Waals surface area contributed by atoms with E-state index in [1.165, 1.54) is 0 Å². The van der Waals surface area contributed by atoms with Gasteiger partial charge in [-0.3, -0.25) is 4.79 Å². The van der Waals surface area contributed by atoms with Crippen LogP contribution in [-0.2, 0) is 9.53 Å². The Hall–Kier alpha value is -0.910. The van der Waals surface area contributed by atoms with Crippen LogP contribution in [0.15, 0.2) is 28.7 Å². The number of benzene rings is 1. The number of carbonyl (C=O) groups excluding carboxylic acids is 1. The molecular weight excluding hydrogens is 286 g/mol. The average molecular weight is 300 g/mol. The third-order valence-corrected chi connectivity index (χ3v) is 3.38. The molecule has 1 aromatic rings. The molecule has 4 nitrogen and oxygen atoms in total. The largest absolute Gasteiger partial charge is 0.396 e. The second-order valence-corrected chi connectivity index (χ2v) is 4.67. The number of rotatable bonds is 3. The molecule has 0 saturated carbocycles. The third kappa shape index (κ3) is 2.68. The molecule has 0 aromatic heterocycles. The summed E-state index contributed by atoms with van der Waals surface area (Å²) in [6.07, 6.45) is -0.180. The summed E-state index contributed by atoms with van der Waals surface area (Å²) in [7, 11) is 0. The Morgan fingerprint density at radius 2 is 2.24 bits per heavy atom. The topological polar surface area (TPSA) is 49.8 Å². The van der Waals surface area contributed by atoms with Crippen molar-refractivity contribution in [2.75, 3.05) is 24.7 Å².